The molecule has 1 N–H and O–H groups in total. The molecule has 4 bridgehead atoms. The monoisotopic (exact) mass is 396 g/mol. The maximum atomic E-state index is 12.9. The largest absolute Gasteiger partial charge is 0.550 e. The van der Waals surface area contributed by atoms with Crippen LogP contribution < -0.4 is 10.4 Å². The first-order valence-corrected chi connectivity index (χ1v) is 11.4. The number of carboxylic acid groups (broad SMARTS) is 1. The number of aliphatic carboxylic acids is 1. The molecule has 0 aromatic heterocycles. The molecule has 0 spiro atoms. The zero-order chi connectivity index (χ0) is 20.6. The Balaban J connectivity index is 1.36. The van der Waals surface area contributed by atoms with Gasteiger partial charge in [0.2, 0.25) is 5.91 Å². The van der Waals surface area contributed by atoms with Gasteiger partial charge in [-0.15, -0.1) is 0 Å². The molecule has 1 amide bonds. The summed E-state index contributed by atoms with van der Waals surface area (Å²) in [5.74, 6) is 0.0123. The molecule has 4 saturated carbocycles. The summed E-state index contributed by atoms with van der Waals surface area (Å²) in [6.45, 7) is 4.27. The van der Waals surface area contributed by atoms with E-state index in [1.165, 1.54) is 38.5 Å². The van der Waals surface area contributed by atoms with Gasteiger partial charge in [-0.1, -0.05) is 36.8 Å². The van der Waals surface area contributed by atoms with Crippen molar-refractivity contribution in [3.8, 4) is 0 Å². The lowest BCUT2D eigenvalue weighted by Crippen LogP contribution is -2.48. The van der Waals surface area contributed by atoms with Crippen molar-refractivity contribution in [3.63, 3.8) is 0 Å². The number of rotatable bonds is 8. The zero-order valence-electron chi connectivity index (χ0n) is 17.8. The van der Waals surface area contributed by atoms with Gasteiger partial charge in [0.15, 0.2) is 0 Å². The topological polar surface area (TPSA) is 69.2 Å². The first kappa shape index (κ1) is 20.4. The van der Waals surface area contributed by atoms with Crippen molar-refractivity contribution in [2.45, 2.75) is 65.2 Å². The van der Waals surface area contributed by atoms with Crippen molar-refractivity contribution in [1.82, 2.24) is 5.32 Å². The Morgan fingerprint density at radius 2 is 1.62 bits per heavy atom. The first-order chi connectivity index (χ1) is 13.8. The third-order valence-corrected chi connectivity index (χ3v) is 8.01. The second-order valence-corrected chi connectivity index (χ2v) is 10.4. The van der Waals surface area contributed by atoms with E-state index in [0.29, 0.717) is 18.4 Å². The van der Waals surface area contributed by atoms with Gasteiger partial charge in [0.1, 0.15) is 0 Å². The van der Waals surface area contributed by atoms with Gasteiger partial charge < -0.3 is 15.2 Å². The van der Waals surface area contributed by atoms with Crippen LogP contribution in [0, 0.1) is 41.9 Å². The Morgan fingerprint density at radius 1 is 1.07 bits per heavy atom. The fraction of sp³-hybridized carbons (Fsp3) is 0.680. The number of hydrogen-bond donors (Lipinski definition) is 1. The van der Waals surface area contributed by atoms with E-state index in [1.54, 1.807) is 6.92 Å². The van der Waals surface area contributed by atoms with Gasteiger partial charge in [-0.3, -0.25) is 4.79 Å². The molecule has 0 radical (unpaired) electrons. The summed E-state index contributed by atoms with van der Waals surface area (Å²) in [7, 11) is 0. The third-order valence-electron chi connectivity index (χ3n) is 8.01. The normalized spacial score (nSPS) is 32.0. The molecule has 158 valence electrons. The molecule has 0 aliphatic heterocycles. The Morgan fingerprint density at radius 3 is 2.14 bits per heavy atom. The summed E-state index contributed by atoms with van der Waals surface area (Å²) >= 11 is 0. The van der Waals surface area contributed by atoms with Crippen LogP contribution in [0.3, 0.4) is 0 Å². The van der Waals surface area contributed by atoms with Gasteiger partial charge in [0, 0.05) is 24.3 Å². The lowest BCUT2D eigenvalue weighted by atomic mass is 9.49. The quantitative estimate of drug-likeness (QED) is 0.733. The van der Waals surface area contributed by atoms with Gasteiger partial charge >= 0.3 is 0 Å². The fourth-order valence-electron chi connectivity index (χ4n) is 6.82. The Labute approximate surface area is 174 Å². The molecule has 1 aromatic carbocycles. The fourth-order valence-corrected chi connectivity index (χ4v) is 6.82. The van der Waals surface area contributed by atoms with E-state index >= 15 is 0 Å². The van der Waals surface area contributed by atoms with Crippen LogP contribution in [0.2, 0.25) is 0 Å². The molecule has 0 saturated heterocycles. The van der Waals surface area contributed by atoms with Crippen molar-refractivity contribution >= 4 is 11.9 Å². The Hall–Kier alpha value is -1.84. The van der Waals surface area contributed by atoms with Gasteiger partial charge in [-0.05, 0) is 87.0 Å². The highest BCUT2D eigenvalue weighted by atomic mass is 16.4. The number of amides is 1. The van der Waals surface area contributed by atoms with E-state index in [1.807, 2.05) is 31.2 Å². The van der Waals surface area contributed by atoms with Crippen molar-refractivity contribution in [3.05, 3.63) is 35.4 Å². The molecular formula is C25H34NO3-. The van der Waals surface area contributed by atoms with E-state index in [2.05, 4.69) is 5.32 Å². The molecule has 4 aliphatic rings. The molecule has 1 aromatic rings. The number of nitrogens with one attached hydrogen (secondary N) is 1. The van der Waals surface area contributed by atoms with Crippen LogP contribution in [0.5, 0.6) is 0 Å². The van der Waals surface area contributed by atoms with E-state index in [-0.39, 0.29) is 5.91 Å². The second-order valence-electron chi connectivity index (χ2n) is 10.4. The Kier molecular flexibility index (Phi) is 5.72. The molecule has 5 rings (SSSR count). The third kappa shape index (κ3) is 4.51. The van der Waals surface area contributed by atoms with Crippen molar-refractivity contribution in [2.24, 2.45) is 35.0 Å². The molecule has 4 nitrogen and oxygen atoms in total. The lowest BCUT2D eigenvalue weighted by Gasteiger charge is -2.57. The van der Waals surface area contributed by atoms with Crippen LogP contribution >= 0.6 is 0 Å². The number of aryl methyl sites for hydroxylation is 1. The standard InChI is InChI=1S/C25H35NO3/c1-16-3-5-18(6-4-16)12-22(17(2)24(28)29)23(27)26-8-7-25-13-19-9-20(14-25)11-21(10-19)15-25/h3-6,17,19-22H,7-15H2,1-2H3,(H,26,27)(H,28,29)/p-1/t17-,19?,20?,21?,22+,25?/m0/s1. The van der Waals surface area contributed by atoms with Crippen molar-refractivity contribution < 1.29 is 14.7 Å². The van der Waals surface area contributed by atoms with Crippen LogP contribution in [0.4, 0.5) is 0 Å². The van der Waals surface area contributed by atoms with Crippen molar-refractivity contribution in [1.29, 1.82) is 0 Å². The van der Waals surface area contributed by atoms with Crippen LogP contribution in [0.25, 0.3) is 0 Å². The van der Waals surface area contributed by atoms with Gasteiger partial charge in [0.05, 0.1) is 0 Å². The molecule has 2 atom stereocenters. The van der Waals surface area contributed by atoms with E-state index < -0.39 is 17.8 Å². The van der Waals surface area contributed by atoms with Crippen LogP contribution in [0.1, 0.15) is 63.0 Å². The predicted octanol–water partition coefficient (Wildman–Crippen LogP) is 3.26. The average Bonchev–Trinajstić information content (AvgIpc) is 2.65. The molecule has 4 aliphatic carbocycles. The van der Waals surface area contributed by atoms with Gasteiger partial charge in [-0.25, -0.2) is 0 Å². The number of hydrogen-bond acceptors (Lipinski definition) is 3. The number of benzene rings is 1. The highest BCUT2D eigenvalue weighted by Crippen LogP contribution is 2.61. The number of carboxylic acids is 1. The highest BCUT2D eigenvalue weighted by molar-refractivity contribution is 5.84. The number of carbonyl (C=O) groups excluding carboxylic acids is 2. The average molecular weight is 397 g/mol. The Bertz CT molecular complexity index is 719. The second kappa shape index (κ2) is 8.12. The highest BCUT2D eigenvalue weighted by Gasteiger charge is 2.50. The maximum Gasteiger partial charge on any atom is 0.224 e. The summed E-state index contributed by atoms with van der Waals surface area (Å²) in [6, 6.07) is 7.96. The molecule has 29 heavy (non-hydrogen) atoms. The lowest BCUT2D eigenvalue weighted by molar-refractivity contribution is -0.312. The predicted molar refractivity (Wildman–Crippen MR) is 111 cm³/mol. The minimum absolute atomic E-state index is 0.146. The van der Waals surface area contributed by atoms with E-state index in [9.17, 15) is 14.7 Å². The summed E-state index contributed by atoms with van der Waals surface area (Å²) in [5, 5.41) is 14.6. The van der Waals surface area contributed by atoms with Crippen molar-refractivity contribution in [2.75, 3.05) is 6.54 Å². The smallest absolute Gasteiger partial charge is 0.224 e. The van der Waals surface area contributed by atoms with Crippen LogP contribution in [-0.4, -0.2) is 18.4 Å². The zero-order valence-corrected chi connectivity index (χ0v) is 17.8. The minimum atomic E-state index is -1.15. The van der Waals surface area contributed by atoms with Crippen LogP contribution in [0.15, 0.2) is 24.3 Å². The molecule has 4 heteroatoms. The first-order valence-electron chi connectivity index (χ1n) is 11.4. The maximum absolute atomic E-state index is 12.9. The summed E-state index contributed by atoms with van der Waals surface area (Å²) in [5.41, 5.74) is 2.57. The van der Waals surface area contributed by atoms with E-state index in [4.69, 9.17) is 0 Å². The summed E-state index contributed by atoms with van der Waals surface area (Å²) in [4.78, 5) is 24.4. The molecular weight excluding hydrogens is 362 g/mol. The SMILES string of the molecule is Cc1ccc(C[C@@H](C(=O)NCCC23CC4CC(CC(C4)C2)C3)[C@H](C)C(=O)[O-])cc1. The molecule has 0 unspecified atom stereocenters. The molecule has 4 fully saturated rings. The summed E-state index contributed by atoms with van der Waals surface area (Å²) < 4.78 is 0. The summed E-state index contributed by atoms with van der Waals surface area (Å²) in [6.07, 6.45) is 9.73. The number of carbonyl (C=O) groups is 2. The minimum Gasteiger partial charge on any atom is -0.550 e. The van der Waals surface area contributed by atoms with E-state index in [0.717, 1.165) is 35.3 Å². The molecule has 0 heterocycles. The van der Waals surface area contributed by atoms with Gasteiger partial charge in [-0.2, -0.15) is 0 Å². The van der Waals surface area contributed by atoms with Gasteiger partial charge in [0.25, 0.3) is 0 Å². The van der Waals surface area contributed by atoms with Crippen LogP contribution in [-0.2, 0) is 16.0 Å².